The molecular formula is C20H30N2. The summed E-state index contributed by atoms with van der Waals surface area (Å²) in [6.07, 6.45) is 13.5. The Morgan fingerprint density at radius 2 is 1.50 bits per heavy atom. The van der Waals surface area contributed by atoms with Gasteiger partial charge in [-0.2, -0.15) is 0 Å². The van der Waals surface area contributed by atoms with Crippen molar-refractivity contribution in [2.24, 2.45) is 0 Å². The van der Waals surface area contributed by atoms with E-state index in [0.29, 0.717) is 5.92 Å². The van der Waals surface area contributed by atoms with Crippen LogP contribution >= 0.6 is 0 Å². The molecule has 0 N–H and O–H groups in total. The van der Waals surface area contributed by atoms with Gasteiger partial charge < -0.3 is 0 Å². The van der Waals surface area contributed by atoms with Crippen molar-refractivity contribution in [3.8, 4) is 0 Å². The summed E-state index contributed by atoms with van der Waals surface area (Å²) in [5.74, 6) is 0.594. The molecule has 1 unspecified atom stereocenters. The predicted octanol–water partition coefficient (Wildman–Crippen LogP) is 6.26. The van der Waals surface area contributed by atoms with Gasteiger partial charge in [-0.05, 0) is 18.9 Å². The molecule has 0 radical (unpaired) electrons. The van der Waals surface area contributed by atoms with Gasteiger partial charge in [0, 0.05) is 11.3 Å². The van der Waals surface area contributed by atoms with Crippen LogP contribution in [0.2, 0.25) is 0 Å². The van der Waals surface area contributed by atoms with Gasteiger partial charge in [0.25, 0.3) is 0 Å². The molecule has 0 aliphatic heterocycles. The minimum absolute atomic E-state index is 0.594. The average molecular weight is 298 g/mol. The third-order valence-electron chi connectivity index (χ3n) is 4.52. The van der Waals surface area contributed by atoms with Gasteiger partial charge in [-0.15, -0.1) is 0 Å². The molecule has 2 nitrogen and oxygen atoms in total. The quantitative estimate of drug-likeness (QED) is 0.483. The van der Waals surface area contributed by atoms with Gasteiger partial charge in [0.1, 0.15) is 6.33 Å². The molecule has 1 aromatic carbocycles. The van der Waals surface area contributed by atoms with E-state index in [2.05, 4.69) is 48.1 Å². The number of hydrogen-bond donors (Lipinski definition) is 0. The fourth-order valence-electron chi connectivity index (χ4n) is 3.23. The lowest BCUT2D eigenvalue weighted by molar-refractivity contribution is 0.495. The summed E-state index contributed by atoms with van der Waals surface area (Å²) >= 11 is 0. The van der Waals surface area contributed by atoms with Crippen molar-refractivity contribution in [3.05, 3.63) is 36.3 Å². The van der Waals surface area contributed by atoms with E-state index in [9.17, 15) is 0 Å². The second-order valence-electron chi connectivity index (χ2n) is 6.32. The Morgan fingerprint density at radius 3 is 2.27 bits per heavy atom. The monoisotopic (exact) mass is 298 g/mol. The van der Waals surface area contributed by atoms with Crippen molar-refractivity contribution < 1.29 is 0 Å². The second kappa shape index (κ2) is 9.55. The molecule has 1 aromatic heterocycles. The van der Waals surface area contributed by atoms with E-state index in [-0.39, 0.29) is 0 Å². The van der Waals surface area contributed by atoms with E-state index in [1.54, 1.807) is 6.33 Å². The van der Waals surface area contributed by atoms with Crippen LogP contribution in [0.1, 0.15) is 83.2 Å². The number of nitrogens with zero attached hydrogens (tertiary/aromatic N) is 2. The average Bonchev–Trinajstić information content (AvgIpc) is 2.57. The SMILES string of the molecule is CCCCCCC(CCCCC)c1ncnc2ccccc12. The topological polar surface area (TPSA) is 25.8 Å². The molecule has 0 saturated carbocycles. The molecule has 2 aromatic rings. The Labute approximate surface area is 135 Å². The third-order valence-corrected chi connectivity index (χ3v) is 4.52. The number of para-hydroxylation sites is 1. The van der Waals surface area contributed by atoms with Gasteiger partial charge >= 0.3 is 0 Å². The van der Waals surface area contributed by atoms with Crippen molar-refractivity contribution in [2.75, 3.05) is 0 Å². The smallest absolute Gasteiger partial charge is 0.116 e. The van der Waals surface area contributed by atoms with Gasteiger partial charge in [-0.3, -0.25) is 0 Å². The highest BCUT2D eigenvalue weighted by atomic mass is 14.8. The Morgan fingerprint density at radius 1 is 0.818 bits per heavy atom. The van der Waals surface area contributed by atoms with Crippen LogP contribution in [0.4, 0.5) is 0 Å². The molecule has 2 rings (SSSR count). The summed E-state index contributed by atoms with van der Waals surface area (Å²) in [5.41, 5.74) is 2.36. The number of benzene rings is 1. The fraction of sp³-hybridized carbons (Fsp3) is 0.600. The summed E-state index contributed by atoms with van der Waals surface area (Å²) in [6.45, 7) is 4.55. The third kappa shape index (κ3) is 4.79. The zero-order chi connectivity index (χ0) is 15.6. The van der Waals surface area contributed by atoms with Crippen molar-refractivity contribution in [1.29, 1.82) is 0 Å². The van der Waals surface area contributed by atoms with Crippen LogP contribution in [0.5, 0.6) is 0 Å². The first kappa shape index (κ1) is 16.9. The number of aromatic nitrogens is 2. The molecular weight excluding hydrogens is 268 g/mol. The van der Waals surface area contributed by atoms with Gasteiger partial charge in [0.05, 0.1) is 11.2 Å². The van der Waals surface area contributed by atoms with E-state index < -0.39 is 0 Å². The number of unbranched alkanes of at least 4 members (excludes halogenated alkanes) is 5. The molecule has 0 saturated heterocycles. The van der Waals surface area contributed by atoms with E-state index in [1.165, 1.54) is 68.9 Å². The van der Waals surface area contributed by atoms with Gasteiger partial charge in [0.2, 0.25) is 0 Å². The molecule has 0 bridgehead atoms. The normalized spacial score (nSPS) is 12.6. The van der Waals surface area contributed by atoms with E-state index in [0.717, 1.165) is 5.52 Å². The fourth-order valence-corrected chi connectivity index (χ4v) is 3.23. The highest BCUT2D eigenvalue weighted by molar-refractivity contribution is 5.80. The standard InChI is InChI=1S/C20H30N2/c1-3-5-7-9-13-17(12-8-6-4-2)20-18-14-10-11-15-19(18)21-16-22-20/h10-11,14-17H,3-9,12-13H2,1-2H3. The van der Waals surface area contributed by atoms with Crippen LogP contribution in [-0.2, 0) is 0 Å². The summed E-state index contributed by atoms with van der Waals surface area (Å²) in [6, 6.07) is 8.45. The van der Waals surface area contributed by atoms with Crippen molar-refractivity contribution in [2.45, 2.75) is 77.6 Å². The Bertz CT molecular complexity index is 545. The molecule has 22 heavy (non-hydrogen) atoms. The summed E-state index contributed by atoms with van der Waals surface area (Å²) in [5, 5.41) is 1.25. The van der Waals surface area contributed by atoms with Gasteiger partial charge in [-0.1, -0.05) is 77.0 Å². The maximum atomic E-state index is 4.67. The maximum absolute atomic E-state index is 4.67. The Hall–Kier alpha value is -1.44. The lowest BCUT2D eigenvalue weighted by Gasteiger charge is -2.18. The lowest BCUT2D eigenvalue weighted by atomic mass is 9.90. The Balaban J connectivity index is 2.14. The second-order valence-corrected chi connectivity index (χ2v) is 6.32. The zero-order valence-corrected chi connectivity index (χ0v) is 14.2. The highest BCUT2D eigenvalue weighted by Crippen LogP contribution is 2.31. The minimum atomic E-state index is 0.594. The van der Waals surface area contributed by atoms with Crippen LogP contribution < -0.4 is 0 Å². The van der Waals surface area contributed by atoms with Gasteiger partial charge in [-0.25, -0.2) is 9.97 Å². The van der Waals surface area contributed by atoms with Crippen molar-refractivity contribution in [3.63, 3.8) is 0 Å². The van der Waals surface area contributed by atoms with Crippen LogP contribution in [0.15, 0.2) is 30.6 Å². The number of hydrogen-bond acceptors (Lipinski definition) is 2. The number of rotatable bonds is 10. The van der Waals surface area contributed by atoms with E-state index in [1.807, 2.05) is 0 Å². The van der Waals surface area contributed by atoms with E-state index in [4.69, 9.17) is 0 Å². The summed E-state index contributed by atoms with van der Waals surface area (Å²) in [7, 11) is 0. The molecule has 0 aliphatic rings. The van der Waals surface area contributed by atoms with Crippen LogP contribution in [0, 0.1) is 0 Å². The largest absolute Gasteiger partial charge is 0.240 e. The maximum Gasteiger partial charge on any atom is 0.116 e. The van der Waals surface area contributed by atoms with Crippen LogP contribution in [0.3, 0.4) is 0 Å². The Kier molecular flexibility index (Phi) is 7.35. The first-order valence-electron chi connectivity index (χ1n) is 9.06. The molecule has 0 spiro atoms. The molecule has 2 heteroatoms. The zero-order valence-electron chi connectivity index (χ0n) is 14.2. The molecule has 120 valence electrons. The van der Waals surface area contributed by atoms with Crippen molar-refractivity contribution in [1.82, 2.24) is 9.97 Å². The molecule has 0 amide bonds. The molecule has 1 atom stereocenters. The van der Waals surface area contributed by atoms with Crippen LogP contribution in [0.25, 0.3) is 10.9 Å². The van der Waals surface area contributed by atoms with Gasteiger partial charge in [0.15, 0.2) is 0 Å². The molecule has 0 fully saturated rings. The summed E-state index contributed by atoms with van der Waals surface area (Å²) < 4.78 is 0. The van der Waals surface area contributed by atoms with Crippen LogP contribution in [-0.4, -0.2) is 9.97 Å². The molecule has 0 aliphatic carbocycles. The number of fused-ring (bicyclic) bond motifs is 1. The van der Waals surface area contributed by atoms with E-state index >= 15 is 0 Å². The molecule has 1 heterocycles. The minimum Gasteiger partial charge on any atom is -0.240 e. The first-order valence-corrected chi connectivity index (χ1v) is 9.06. The first-order chi connectivity index (χ1) is 10.9. The summed E-state index contributed by atoms with van der Waals surface area (Å²) in [4.78, 5) is 9.09. The van der Waals surface area contributed by atoms with Crippen molar-refractivity contribution >= 4 is 10.9 Å². The highest BCUT2D eigenvalue weighted by Gasteiger charge is 2.15. The predicted molar refractivity (Wildman–Crippen MR) is 95.2 cm³/mol. The lowest BCUT2D eigenvalue weighted by Crippen LogP contribution is -2.04.